The smallest absolute Gasteiger partial charge is 0.148 e. The number of halogens is 11. The van der Waals surface area contributed by atoms with Gasteiger partial charge < -0.3 is 28.8 Å². The van der Waals surface area contributed by atoms with Gasteiger partial charge in [0.2, 0.25) is 0 Å². The standard InChI is InChI=1S/C24H29NO2.C22H27NO2.C18H25Cl2NO2.C17H21Cl2NO2.C17H23Cl2NOS.5ClH/c26-21-15-16-25(17-21)23-13-7-8-14-24(23)27-18-22(19-9-3-1-4-10-19)20-11-5-2-6-12-20;24-19-12-14-23(16-19)21-10-3-4-11-22(21)25-15-13-18-8-5-7-17-6-1-2-9-20(17)18;19-15-4-3-5-16(20)14(15)9-11-23-18-7-2-1-6-17(18)21-10-8-13(22)12-21;18-14-4-3-5-15(19)13(14)11-22-17-7-2-1-6-16(17)20-9-8-12(21)10-20;18-14-4-3-5-15(19)13(14)8-10-21-17-7-2-1-6-16(17)20-9-11-22-12-20;;;;;/h1-6,9-12,22-24H,7-8,13-18H2;1-2,5-9,21-22H,3-4,10-16H2;3-5,13,17-18,22H,1-2,6-12H2;3-5,16-17H,1-2,6-11H2;3-5,16-17H,1-2,6-12H2;5*1H/t23?,24-;21-,22+;13?,17?,18-;2*16-,17?;;;;;/m01011...../s1. The van der Waals surface area contributed by atoms with E-state index in [2.05, 4.69) is 128 Å². The zero-order valence-electron chi connectivity index (χ0n) is 71.5. The molecule has 10 fully saturated rings. The lowest BCUT2D eigenvalue weighted by atomic mass is 9.90. The summed E-state index contributed by atoms with van der Waals surface area (Å²) in [4.78, 5) is 47.0. The third-order valence-corrected chi connectivity index (χ3v) is 29.4. The number of fused-ring (bicyclic) bond motifs is 1. The number of likely N-dealkylation sites (tertiary alicyclic amines) is 4. The van der Waals surface area contributed by atoms with Crippen LogP contribution >= 0.6 is 143 Å². The van der Waals surface area contributed by atoms with Crippen LogP contribution in [-0.2, 0) is 63.9 Å². The van der Waals surface area contributed by atoms with Gasteiger partial charge in [-0.05, 0) is 165 Å². The van der Waals surface area contributed by atoms with Crippen molar-refractivity contribution in [1.29, 1.82) is 0 Å². The van der Waals surface area contributed by atoms with E-state index in [1.54, 1.807) is 0 Å². The third-order valence-electron chi connectivity index (χ3n) is 26.3. The van der Waals surface area contributed by atoms with Crippen LogP contribution in [0, 0.1) is 0 Å². The predicted molar refractivity (Wildman–Crippen MR) is 524 cm³/mol. The summed E-state index contributed by atoms with van der Waals surface area (Å²) < 4.78 is 31.5. The summed E-state index contributed by atoms with van der Waals surface area (Å²) in [6.07, 6.45) is 30.5. The first-order valence-corrected chi connectivity index (χ1v) is 48.0. The molecule has 5 saturated heterocycles. The molecular weight excluding hydrogens is 1810 g/mol. The molecule has 11 atom stereocenters. The number of carbonyl (C=O) groups is 3. The highest BCUT2D eigenvalue weighted by Gasteiger charge is 2.40. The van der Waals surface area contributed by atoms with Crippen LogP contribution in [-0.4, -0.2) is 211 Å². The molecule has 7 aromatic rings. The SMILES string of the molecule is Cl.Cl.Cl.Cl.Cl.Clc1cccc(Cl)c1CCOC1CCCC[C@H]1N1CCSC1.O=C1CCN(C2CCCC[C@@H]2OCC(c2ccccc2)c2ccccc2)C1.O=C1CCN([C@@H]2CCCCC2OCc2c(Cl)cccc2Cl)C1.O=C1CCN([C@@H]2CCCC[C@@H]2OCCc2cccc3ccccc23)C1.OC1CCN(C2CCCC[C@@H]2OCCc2c(Cl)cccc2Cl)C1. The van der Waals surface area contributed by atoms with Crippen molar-refractivity contribution in [3.63, 3.8) is 0 Å². The first-order chi connectivity index (χ1) is 58.2. The van der Waals surface area contributed by atoms with Crippen molar-refractivity contribution in [2.45, 2.75) is 253 Å². The number of ketones is 3. The fourth-order valence-corrected chi connectivity index (χ4v) is 22.6. The van der Waals surface area contributed by atoms with E-state index < -0.39 is 0 Å². The van der Waals surface area contributed by atoms with E-state index in [9.17, 15) is 19.5 Å². The largest absolute Gasteiger partial charge is 0.392 e. The average Bonchev–Trinajstić information content (AvgIpc) is 1.64. The predicted octanol–water partition coefficient (Wildman–Crippen LogP) is 23.4. The summed E-state index contributed by atoms with van der Waals surface area (Å²) in [5.74, 6) is 3.79. The molecule has 0 radical (unpaired) electrons. The molecule has 0 spiro atoms. The molecule has 10 aliphatic rings. The van der Waals surface area contributed by atoms with Gasteiger partial charge in [0.05, 0.1) is 89.3 Å². The molecule has 17 rings (SSSR count). The van der Waals surface area contributed by atoms with Gasteiger partial charge in [0.1, 0.15) is 17.3 Å². The fraction of sp³-hybridized carbons (Fsp3) is 0.561. The Balaban J connectivity index is 0.000000191. The highest BCUT2D eigenvalue weighted by molar-refractivity contribution is 7.99. The van der Waals surface area contributed by atoms with Gasteiger partial charge in [-0.3, -0.25) is 38.9 Å². The van der Waals surface area contributed by atoms with Crippen LogP contribution in [0.5, 0.6) is 0 Å². The number of aliphatic hydroxyl groups is 1. The topological polar surface area (TPSA) is 134 Å². The van der Waals surface area contributed by atoms with Gasteiger partial charge in [0, 0.05) is 142 Å². The highest BCUT2D eigenvalue weighted by Crippen LogP contribution is 2.38. The number of β-amino-alcohol motifs (C(OH)–C–C–N with tert-alkyl or cyclic N) is 1. The molecule has 5 heterocycles. The van der Waals surface area contributed by atoms with Gasteiger partial charge in [-0.15, -0.1) is 73.8 Å². The van der Waals surface area contributed by atoms with Crippen LogP contribution in [0.1, 0.15) is 193 Å². The summed E-state index contributed by atoms with van der Waals surface area (Å²) >= 11 is 39.4. The van der Waals surface area contributed by atoms with E-state index in [1.165, 1.54) is 136 Å². The molecule has 7 aromatic carbocycles. The summed E-state index contributed by atoms with van der Waals surface area (Å²) in [7, 11) is 0. The summed E-state index contributed by atoms with van der Waals surface area (Å²) in [6, 6.07) is 55.4. The first-order valence-electron chi connectivity index (χ1n) is 44.6. The van der Waals surface area contributed by atoms with Crippen molar-refractivity contribution in [3.05, 3.63) is 221 Å². The second-order valence-electron chi connectivity index (χ2n) is 34.1. The Bertz CT molecular complexity index is 4200. The molecule has 26 heteroatoms. The Labute approximate surface area is 803 Å². The fourth-order valence-electron chi connectivity index (χ4n) is 19.8. The number of carbonyl (C=O) groups excluding carboxylic acids is 3. The summed E-state index contributed by atoms with van der Waals surface area (Å²) in [5, 5.41) is 16.6. The van der Waals surface area contributed by atoms with Crippen LogP contribution in [0.3, 0.4) is 0 Å². The Morgan fingerprint density at radius 2 is 0.710 bits per heavy atom. The van der Waals surface area contributed by atoms with Crippen LogP contribution in [0.4, 0.5) is 0 Å². The molecule has 124 heavy (non-hydrogen) atoms. The molecule has 1 N–H and O–H groups in total. The number of rotatable bonds is 25. The highest BCUT2D eigenvalue weighted by atomic mass is 35.5. The third kappa shape index (κ3) is 31.3. The molecule has 0 bridgehead atoms. The van der Waals surface area contributed by atoms with E-state index in [0.717, 1.165) is 137 Å². The lowest BCUT2D eigenvalue weighted by Gasteiger charge is -2.38. The molecule has 5 unspecified atom stereocenters. The van der Waals surface area contributed by atoms with Gasteiger partial charge in [-0.25, -0.2) is 0 Å². The number of ether oxygens (including phenoxy) is 5. The van der Waals surface area contributed by atoms with E-state index in [4.69, 9.17) is 93.3 Å². The van der Waals surface area contributed by atoms with Crippen LogP contribution in [0.15, 0.2) is 158 Å². The van der Waals surface area contributed by atoms with Crippen LogP contribution < -0.4 is 0 Å². The van der Waals surface area contributed by atoms with Crippen molar-refractivity contribution >= 4 is 172 Å². The van der Waals surface area contributed by atoms with Gasteiger partial charge >= 0.3 is 0 Å². The minimum atomic E-state index is -0.167. The summed E-state index contributed by atoms with van der Waals surface area (Å²) in [6.45, 7) is 10.8. The van der Waals surface area contributed by atoms with Crippen molar-refractivity contribution < 1.29 is 43.2 Å². The lowest BCUT2D eigenvalue weighted by molar-refractivity contribution is -0.118. The normalized spacial score (nSPS) is 25.0. The Morgan fingerprint density at radius 1 is 0.355 bits per heavy atom. The molecule has 5 aliphatic heterocycles. The Morgan fingerprint density at radius 3 is 1.10 bits per heavy atom. The molecular formula is C98H130Cl11N5O9S. The van der Waals surface area contributed by atoms with E-state index in [1.807, 2.05) is 66.4 Å². The van der Waals surface area contributed by atoms with Gasteiger partial charge in [0.25, 0.3) is 0 Å². The van der Waals surface area contributed by atoms with Crippen molar-refractivity contribution in [1.82, 2.24) is 24.5 Å². The second-order valence-corrected chi connectivity index (χ2v) is 37.7. The van der Waals surface area contributed by atoms with Gasteiger partial charge in [-0.2, -0.15) is 0 Å². The zero-order valence-corrected chi connectivity index (χ0v) is 80.9. The minimum absolute atomic E-state index is 0. The molecule has 5 aliphatic carbocycles. The number of hydrogen-bond acceptors (Lipinski definition) is 15. The molecule has 0 amide bonds. The number of aliphatic hydroxyl groups excluding tert-OH is 1. The quantitative estimate of drug-likeness (QED) is 0.0581. The monoisotopic (exact) mass is 1940 g/mol. The number of hydrogen-bond donors (Lipinski definition) is 1. The average molecular weight is 1940 g/mol. The molecule has 0 aromatic heterocycles. The van der Waals surface area contributed by atoms with Crippen molar-refractivity contribution in [3.8, 4) is 0 Å². The van der Waals surface area contributed by atoms with Gasteiger partial charge in [0.15, 0.2) is 0 Å². The molecule has 14 nitrogen and oxygen atoms in total. The maximum Gasteiger partial charge on any atom is 0.148 e. The van der Waals surface area contributed by atoms with Crippen LogP contribution in [0.25, 0.3) is 10.8 Å². The minimum Gasteiger partial charge on any atom is -0.392 e. The Kier molecular flexibility index (Phi) is 48.0. The van der Waals surface area contributed by atoms with Crippen molar-refractivity contribution in [2.75, 3.05) is 97.0 Å². The molecule has 5 saturated carbocycles. The maximum absolute atomic E-state index is 11.8. The number of Topliss-reactive ketones (excluding diaryl/α,β-unsaturated/α-hetero) is 3. The molecule has 684 valence electrons. The number of benzene rings is 7. The van der Waals surface area contributed by atoms with E-state index in [-0.39, 0.29) is 98.5 Å². The van der Waals surface area contributed by atoms with Crippen molar-refractivity contribution in [2.24, 2.45) is 0 Å². The lowest BCUT2D eigenvalue weighted by Crippen LogP contribution is -2.46. The van der Waals surface area contributed by atoms with E-state index in [0.29, 0.717) is 133 Å². The van der Waals surface area contributed by atoms with E-state index >= 15 is 0 Å². The Hall–Kier alpha value is -3.09. The van der Waals surface area contributed by atoms with Crippen LogP contribution in [0.2, 0.25) is 30.1 Å². The number of nitrogens with zero attached hydrogens (tertiary/aromatic N) is 5. The number of thioether (sulfide) groups is 1. The summed E-state index contributed by atoms with van der Waals surface area (Å²) in [5.41, 5.74) is 6.80. The second kappa shape index (κ2) is 56.1. The maximum atomic E-state index is 11.8. The van der Waals surface area contributed by atoms with Gasteiger partial charge in [-0.1, -0.05) is 255 Å². The first kappa shape index (κ1) is 106. The zero-order chi connectivity index (χ0) is 82.7.